The van der Waals surface area contributed by atoms with E-state index in [-0.39, 0.29) is 29.9 Å². The second-order valence-electron chi connectivity index (χ2n) is 5.68. The van der Waals surface area contributed by atoms with Crippen LogP contribution in [0.15, 0.2) is 54.6 Å². The number of thioether (sulfide) groups is 1. The Labute approximate surface area is 155 Å². The molecule has 26 heavy (non-hydrogen) atoms. The zero-order valence-electron chi connectivity index (χ0n) is 13.8. The minimum Gasteiger partial charge on any atom is -0.325 e. The van der Waals surface area contributed by atoms with E-state index in [1.165, 1.54) is 16.7 Å². The highest BCUT2D eigenvalue weighted by Gasteiger charge is 2.39. The summed E-state index contributed by atoms with van der Waals surface area (Å²) in [5.74, 6) is 1.80. The molecule has 2 aromatic rings. The molecule has 1 fully saturated rings. The normalized spacial score (nSPS) is 16.4. The SMILES string of the molecule is C#Cc1cccc(NC(=O)CS[C@H]2CC(=O)N(c3ccccc3)C2=O)c1. The van der Waals surface area contributed by atoms with Crippen molar-refractivity contribution in [1.29, 1.82) is 0 Å². The summed E-state index contributed by atoms with van der Waals surface area (Å²) < 4.78 is 0. The highest BCUT2D eigenvalue weighted by Crippen LogP contribution is 2.29. The first-order valence-electron chi connectivity index (χ1n) is 7.98. The van der Waals surface area contributed by atoms with Gasteiger partial charge in [-0.25, -0.2) is 4.90 Å². The predicted octanol–water partition coefficient (Wildman–Crippen LogP) is 2.67. The van der Waals surface area contributed by atoms with Crippen LogP contribution >= 0.6 is 11.8 Å². The number of hydrogen-bond donors (Lipinski definition) is 1. The molecule has 130 valence electrons. The molecule has 1 saturated heterocycles. The molecule has 0 saturated carbocycles. The zero-order valence-corrected chi connectivity index (χ0v) is 14.7. The molecule has 1 atom stereocenters. The Kier molecular flexibility index (Phi) is 5.40. The molecule has 1 N–H and O–H groups in total. The van der Waals surface area contributed by atoms with Gasteiger partial charge in [-0.1, -0.05) is 30.2 Å². The first kappa shape index (κ1) is 17.8. The second-order valence-corrected chi connectivity index (χ2v) is 6.87. The van der Waals surface area contributed by atoms with Gasteiger partial charge in [0.05, 0.1) is 16.7 Å². The lowest BCUT2D eigenvalue weighted by molar-refractivity contribution is -0.121. The van der Waals surface area contributed by atoms with Gasteiger partial charge < -0.3 is 5.32 Å². The number of carbonyl (C=O) groups is 3. The topological polar surface area (TPSA) is 66.5 Å². The molecule has 3 amide bonds. The van der Waals surface area contributed by atoms with Crippen LogP contribution in [0.1, 0.15) is 12.0 Å². The number of hydrogen-bond acceptors (Lipinski definition) is 4. The van der Waals surface area contributed by atoms with E-state index in [2.05, 4.69) is 11.2 Å². The minimum absolute atomic E-state index is 0.0760. The maximum absolute atomic E-state index is 12.5. The van der Waals surface area contributed by atoms with E-state index >= 15 is 0 Å². The monoisotopic (exact) mass is 364 g/mol. The standard InChI is InChI=1S/C20H16N2O3S/c1-2-14-7-6-8-15(11-14)21-18(23)13-26-17-12-19(24)22(20(17)25)16-9-4-3-5-10-16/h1,3-11,17H,12-13H2,(H,21,23)/t17-/m0/s1. The number of benzene rings is 2. The average Bonchev–Trinajstić information content (AvgIpc) is 2.94. The molecule has 0 aliphatic carbocycles. The highest BCUT2D eigenvalue weighted by molar-refractivity contribution is 8.01. The Bertz CT molecular complexity index is 889. The van der Waals surface area contributed by atoms with Gasteiger partial charge in [0.2, 0.25) is 17.7 Å². The van der Waals surface area contributed by atoms with Crippen molar-refractivity contribution in [1.82, 2.24) is 0 Å². The van der Waals surface area contributed by atoms with Crippen LogP contribution in [0.4, 0.5) is 11.4 Å². The fourth-order valence-electron chi connectivity index (χ4n) is 2.64. The summed E-state index contributed by atoms with van der Waals surface area (Å²) in [6.07, 6.45) is 5.43. The van der Waals surface area contributed by atoms with Crippen LogP contribution in [-0.4, -0.2) is 28.7 Å². The van der Waals surface area contributed by atoms with Crippen LogP contribution in [-0.2, 0) is 14.4 Å². The molecule has 0 bridgehead atoms. The van der Waals surface area contributed by atoms with Gasteiger partial charge in [-0.15, -0.1) is 18.2 Å². The van der Waals surface area contributed by atoms with Gasteiger partial charge >= 0.3 is 0 Å². The van der Waals surface area contributed by atoms with E-state index in [4.69, 9.17) is 6.42 Å². The molecule has 1 aliphatic heterocycles. The molecular formula is C20H16N2O3S. The van der Waals surface area contributed by atoms with Gasteiger partial charge in [0.15, 0.2) is 0 Å². The van der Waals surface area contributed by atoms with Crippen molar-refractivity contribution >= 4 is 40.9 Å². The van der Waals surface area contributed by atoms with Crippen LogP contribution in [0.2, 0.25) is 0 Å². The summed E-state index contributed by atoms with van der Waals surface area (Å²) in [5.41, 5.74) is 1.83. The van der Waals surface area contributed by atoms with Gasteiger partial charge in [-0.2, -0.15) is 0 Å². The lowest BCUT2D eigenvalue weighted by Gasteiger charge is -2.14. The Morgan fingerprint density at radius 1 is 1.19 bits per heavy atom. The van der Waals surface area contributed by atoms with Crippen molar-refractivity contribution in [3.05, 3.63) is 60.2 Å². The van der Waals surface area contributed by atoms with Crippen LogP contribution < -0.4 is 10.2 Å². The summed E-state index contributed by atoms with van der Waals surface area (Å²) in [4.78, 5) is 38.0. The van der Waals surface area contributed by atoms with Gasteiger partial charge in [0.25, 0.3) is 0 Å². The van der Waals surface area contributed by atoms with Crippen LogP contribution in [0, 0.1) is 12.3 Å². The number of amides is 3. The molecule has 0 aromatic heterocycles. The number of para-hydroxylation sites is 1. The molecule has 0 spiro atoms. The molecule has 3 rings (SSSR count). The lowest BCUT2D eigenvalue weighted by atomic mass is 10.2. The van der Waals surface area contributed by atoms with Gasteiger partial charge in [0.1, 0.15) is 0 Å². The summed E-state index contributed by atoms with van der Waals surface area (Å²) in [6.45, 7) is 0. The summed E-state index contributed by atoms with van der Waals surface area (Å²) in [6, 6.07) is 15.8. The highest BCUT2D eigenvalue weighted by atomic mass is 32.2. The molecule has 1 aliphatic rings. The minimum atomic E-state index is -0.550. The van der Waals surface area contributed by atoms with E-state index in [1.54, 1.807) is 48.5 Å². The van der Waals surface area contributed by atoms with E-state index in [9.17, 15) is 14.4 Å². The Morgan fingerprint density at radius 3 is 2.69 bits per heavy atom. The molecule has 2 aromatic carbocycles. The molecule has 1 heterocycles. The average molecular weight is 364 g/mol. The molecule has 6 heteroatoms. The van der Waals surface area contributed by atoms with Crippen molar-refractivity contribution in [3.8, 4) is 12.3 Å². The third-order valence-corrected chi connectivity index (χ3v) is 5.05. The number of nitrogens with one attached hydrogen (secondary N) is 1. The van der Waals surface area contributed by atoms with Crippen molar-refractivity contribution in [3.63, 3.8) is 0 Å². The van der Waals surface area contributed by atoms with Crippen molar-refractivity contribution in [2.24, 2.45) is 0 Å². The number of rotatable bonds is 5. The molecule has 0 radical (unpaired) electrons. The maximum Gasteiger partial charge on any atom is 0.247 e. The lowest BCUT2D eigenvalue weighted by Crippen LogP contribution is -2.31. The summed E-state index contributed by atoms with van der Waals surface area (Å²) >= 11 is 1.17. The fourth-order valence-corrected chi connectivity index (χ4v) is 3.58. The first-order valence-corrected chi connectivity index (χ1v) is 9.03. The van der Waals surface area contributed by atoms with E-state index in [1.807, 2.05) is 6.07 Å². The third-order valence-electron chi connectivity index (χ3n) is 3.85. The summed E-state index contributed by atoms with van der Waals surface area (Å²) in [5, 5.41) is 2.19. The van der Waals surface area contributed by atoms with Crippen LogP contribution in [0.3, 0.4) is 0 Å². The molecule has 5 nitrogen and oxygen atoms in total. The van der Waals surface area contributed by atoms with Gasteiger partial charge in [-0.05, 0) is 30.3 Å². The number of imide groups is 1. The van der Waals surface area contributed by atoms with Crippen molar-refractivity contribution in [2.75, 3.05) is 16.0 Å². The van der Waals surface area contributed by atoms with E-state index in [0.29, 0.717) is 16.9 Å². The first-order chi connectivity index (χ1) is 12.6. The Hall–Kier alpha value is -3.04. The molecular weight excluding hydrogens is 348 g/mol. The number of carbonyl (C=O) groups excluding carboxylic acids is 3. The number of terminal acetylenes is 1. The van der Waals surface area contributed by atoms with E-state index in [0.717, 1.165) is 0 Å². The van der Waals surface area contributed by atoms with Crippen LogP contribution in [0.5, 0.6) is 0 Å². The maximum atomic E-state index is 12.5. The predicted molar refractivity (Wildman–Crippen MR) is 103 cm³/mol. The largest absolute Gasteiger partial charge is 0.325 e. The number of anilines is 2. The van der Waals surface area contributed by atoms with Crippen molar-refractivity contribution < 1.29 is 14.4 Å². The quantitative estimate of drug-likeness (QED) is 0.654. The molecule has 0 unspecified atom stereocenters. The fraction of sp³-hybridized carbons (Fsp3) is 0.150. The number of nitrogens with zero attached hydrogens (tertiary/aromatic N) is 1. The summed E-state index contributed by atoms with van der Waals surface area (Å²) in [7, 11) is 0. The Morgan fingerprint density at radius 2 is 1.96 bits per heavy atom. The smallest absolute Gasteiger partial charge is 0.247 e. The Balaban J connectivity index is 1.58. The van der Waals surface area contributed by atoms with E-state index < -0.39 is 5.25 Å². The van der Waals surface area contributed by atoms with Gasteiger partial charge in [-0.3, -0.25) is 14.4 Å². The van der Waals surface area contributed by atoms with Crippen LogP contribution in [0.25, 0.3) is 0 Å². The van der Waals surface area contributed by atoms with Gasteiger partial charge in [0, 0.05) is 17.7 Å². The second kappa shape index (κ2) is 7.89. The zero-order chi connectivity index (χ0) is 18.5. The van der Waals surface area contributed by atoms with Crippen molar-refractivity contribution in [2.45, 2.75) is 11.7 Å². The third kappa shape index (κ3) is 3.95.